The van der Waals surface area contributed by atoms with Crippen LogP contribution in [0.15, 0.2) is 55.2 Å². The molecule has 8 heteroatoms. The minimum absolute atomic E-state index is 0.314. The van der Waals surface area contributed by atoms with Gasteiger partial charge in [0, 0.05) is 42.9 Å². The van der Waals surface area contributed by atoms with Crippen molar-refractivity contribution in [2.75, 3.05) is 11.1 Å². The van der Waals surface area contributed by atoms with Crippen molar-refractivity contribution in [3.8, 4) is 5.88 Å². The molecule has 1 fully saturated rings. The van der Waals surface area contributed by atoms with Crippen LogP contribution in [0.4, 0.5) is 11.6 Å². The van der Waals surface area contributed by atoms with Gasteiger partial charge in [-0.1, -0.05) is 6.07 Å². The molecule has 1 aliphatic carbocycles. The van der Waals surface area contributed by atoms with Gasteiger partial charge in [-0.15, -0.1) is 0 Å². The second kappa shape index (κ2) is 8.54. The summed E-state index contributed by atoms with van der Waals surface area (Å²) in [6.07, 6.45) is 11.8. The molecule has 0 spiro atoms. The third-order valence-electron chi connectivity index (χ3n) is 6.74. The molecule has 0 aliphatic heterocycles. The number of benzene rings is 1. The second-order valence-corrected chi connectivity index (χ2v) is 9.18. The molecule has 4 aromatic heterocycles. The number of hydrogen-bond donors (Lipinski definition) is 2. The first kappa shape index (κ1) is 21.3. The fourth-order valence-electron chi connectivity index (χ4n) is 4.66. The Balaban J connectivity index is 1.19. The van der Waals surface area contributed by atoms with Crippen LogP contribution in [0.2, 0.25) is 0 Å². The summed E-state index contributed by atoms with van der Waals surface area (Å²) in [6.45, 7) is 5.09. The molecule has 1 saturated carbocycles. The molecular weight excluding hydrogens is 438 g/mol. The van der Waals surface area contributed by atoms with Crippen LogP contribution in [-0.2, 0) is 13.2 Å². The van der Waals surface area contributed by atoms with Crippen molar-refractivity contribution in [3.05, 3.63) is 83.2 Å². The predicted octanol–water partition coefficient (Wildman–Crippen LogP) is 4.94. The first-order valence-electron chi connectivity index (χ1n) is 11.9. The molecule has 0 unspecified atom stereocenters. The highest BCUT2D eigenvalue weighted by atomic mass is 16.5. The summed E-state index contributed by atoms with van der Waals surface area (Å²) in [5.41, 5.74) is 12.7. The standard InChI is InChI=1S/C27H27N7O/c1-16-11-22-21(7-8-29-25(22)28)17(2)23(16)12-32-26-27(31-10-9-30-26)35-15-20-14-34-13-19(18-3-4-18)5-6-24(34)33-20/h5-11,13-14,18H,3-4,12,15H2,1-2H3,(H2,28,29)(H,30,32). The number of pyridine rings is 2. The number of aromatic nitrogens is 5. The lowest BCUT2D eigenvalue weighted by Crippen LogP contribution is -2.09. The van der Waals surface area contributed by atoms with E-state index in [0.717, 1.165) is 27.7 Å². The molecule has 6 rings (SSSR count). The maximum Gasteiger partial charge on any atom is 0.257 e. The monoisotopic (exact) mass is 465 g/mol. The number of aryl methyl sites for hydroxylation is 2. The molecule has 5 aromatic rings. The smallest absolute Gasteiger partial charge is 0.257 e. The summed E-state index contributed by atoms with van der Waals surface area (Å²) in [5, 5.41) is 5.49. The van der Waals surface area contributed by atoms with Gasteiger partial charge in [-0.25, -0.2) is 19.9 Å². The van der Waals surface area contributed by atoms with Gasteiger partial charge in [0.1, 0.15) is 18.1 Å². The van der Waals surface area contributed by atoms with Gasteiger partial charge in [0.25, 0.3) is 5.88 Å². The first-order chi connectivity index (χ1) is 17.1. The number of hydrogen-bond acceptors (Lipinski definition) is 7. The van der Waals surface area contributed by atoms with Crippen molar-refractivity contribution in [2.45, 2.75) is 45.8 Å². The van der Waals surface area contributed by atoms with E-state index >= 15 is 0 Å². The van der Waals surface area contributed by atoms with Gasteiger partial charge in [-0.05, 0) is 78.4 Å². The topological polar surface area (TPSA) is 103 Å². The molecule has 0 bridgehead atoms. The number of anilines is 2. The SMILES string of the molecule is Cc1cc2c(N)nccc2c(C)c1CNc1nccnc1OCc1cn2cc(C3CC3)ccc2n1. The second-order valence-electron chi connectivity index (χ2n) is 9.18. The van der Waals surface area contributed by atoms with Gasteiger partial charge in [0.2, 0.25) is 0 Å². The molecule has 0 radical (unpaired) electrons. The Morgan fingerprint density at radius 3 is 2.74 bits per heavy atom. The number of nitrogens with two attached hydrogens (primary N) is 1. The fourth-order valence-corrected chi connectivity index (χ4v) is 4.66. The minimum Gasteiger partial charge on any atom is -0.468 e. The number of nitrogens with one attached hydrogen (secondary N) is 1. The van der Waals surface area contributed by atoms with Crippen LogP contribution in [0, 0.1) is 13.8 Å². The first-order valence-corrected chi connectivity index (χ1v) is 11.9. The van der Waals surface area contributed by atoms with Crippen molar-refractivity contribution in [3.63, 3.8) is 0 Å². The maximum absolute atomic E-state index is 6.09. The van der Waals surface area contributed by atoms with Crippen LogP contribution in [-0.4, -0.2) is 24.3 Å². The van der Waals surface area contributed by atoms with Crippen molar-refractivity contribution in [1.29, 1.82) is 0 Å². The van der Waals surface area contributed by atoms with E-state index in [1.807, 2.05) is 12.3 Å². The number of fused-ring (bicyclic) bond motifs is 2. The Labute approximate surface area is 203 Å². The lowest BCUT2D eigenvalue weighted by molar-refractivity contribution is 0.290. The van der Waals surface area contributed by atoms with Crippen LogP contribution in [0.5, 0.6) is 5.88 Å². The van der Waals surface area contributed by atoms with Crippen molar-refractivity contribution in [2.24, 2.45) is 0 Å². The van der Waals surface area contributed by atoms with Gasteiger partial charge >= 0.3 is 0 Å². The number of rotatable bonds is 7. The Morgan fingerprint density at radius 2 is 1.89 bits per heavy atom. The van der Waals surface area contributed by atoms with E-state index in [-0.39, 0.29) is 0 Å². The Hall–Kier alpha value is -4.20. The zero-order chi connectivity index (χ0) is 23.9. The molecule has 35 heavy (non-hydrogen) atoms. The van der Waals surface area contributed by atoms with E-state index in [1.54, 1.807) is 18.6 Å². The van der Waals surface area contributed by atoms with Crippen molar-refractivity contribution >= 4 is 28.1 Å². The summed E-state index contributed by atoms with van der Waals surface area (Å²) in [4.78, 5) is 17.8. The minimum atomic E-state index is 0.314. The average molecular weight is 466 g/mol. The lowest BCUT2D eigenvalue weighted by atomic mass is 9.96. The van der Waals surface area contributed by atoms with E-state index in [2.05, 4.69) is 67.9 Å². The van der Waals surface area contributed by atoms with E-state index in [9.17, 15) is 0 Å². The number of nitrogen functional groups attached to an aromatic ring is 1. The molecule has 176 valence electrons. The Morgan fingerprint density at radius 1 is 1.03 bits per heavy atom. The molecule has 1 aliphatic rings. The van der Waals surface area contributed by atoms with Gasteiger partial charge in [-0.2, -0.15) is 0 Å². The number of imidazole rings is 1. The van der Waals surface area contributed by atoms with Gasteiger partial charge in [0.05, 0.1) is 5.69 Å². The van der Waals surface area contributed by atoms with E-state index in [1.165, 1.54) is 29.5 Å². The predicted molar refractivity (Wildman–Crippen MR) is 136 cm³/mol. The molecule has 0 atom stereocenters. The molecule has 1 aromatic carbocycles. The molecule has 0 saturated heterocycles. The zero-order valence-corrected chi connectivity index (χ0v) is 19.8. The summed E-state index contributed by atoms with van der Waals surface area (Å²) >= 11 is 0. The van der Waals surface area contributed by atoms with Gasteiger partial charge in [-0.3, -0.25) is 0 Å². The molecule has 8 nitrogen and oxygen atoms in total. The maximum atomic E-state index is 6.09. The van der Waals surface area contributed by atoms with Gasteiger partial charge in [0.15, 0.2) is 5.82 Å². The van der Waals surface area contributed by atoms with E-state index in [4.69, 9.17) is 10.5 Å². The van der Waals surface area contributed by atoms with Crippen LogP contribution >= 0.6 is 0 Å². The van der Waals surface area contributed by atoms with Crippen LogP contribution in [0.3, 0.4) is 0 Å². The summed E-state index contributed by atoms with van der Waals surface area (Å²) < 4.78 is 8.12. The summed E-state index contributed by atoms with van der Waals surface area (Å²) in [7, 11) is 0. The van der Waals surface area contributed by atoms with Crippen molar-refractivity contribution in [1.82, 2.24) is 24.3 Å². The molecule has 0 amide bonds. The van der Waals surface area contributed by atoms with E-state index < -0.39 is 0 Å². The van der Waals surface area contributed by atoms with Crippen LogP contribution in [0.25, 0.3) is 16.4 Å². The third kappa shape index (κ3) is 4.12. The summed E-state index contributed by atoms with van der Waals surface area (Å²) in [5.74, 6) is 2.31. The lowest BCUT2D eigenvalue weighted by Gasteiger charge is -2.16. The number of ether oxygens (including phenoxy) is 1. The van der Waals surface area contributed by atoms with Gasteiger partial charge < -0.3 is 20.2 Å². The quantitative estimate of drug-likeness (QED) is 0.351. The highest BCUT2D eigenvalue weighted by molar-refractivity contribution is 5.94. The third-order valence-corrected chi connectivity index (χ3v) is 6.74. The summed E-state index contributed by atoms with van der Waals surface area (Å²) in [6, 6.07) is 8.35. The highest BCUT2D eigenvalue weighted by Gasteiger charge is 2.23. The zero-order valence-electron chi connectivity index (χ0n) is 19.8. The number of nitrogens with zero attached hydrogens (tertiary/aromatic N) is 5. The molecule has 3 N–H and O–H groups in total. The fraction of sp³-hybridized carbons (Fsp3) is 0.259. The largest absolute Gasteiger partial charge is 0.468 e. The molecular formula is C27H27N7O. The van der Waals surface area contributed by atoms with Crippen LogP contribution in [0.1, 0.15) is 46.7 Å². The average Bonchev–Trinajstić information content (AvgIpc) is 3.63. The molecule has 4 heterocycles. The van der Waals surface area contributed by atoms with Crippen molar-refractivity contribution < 1.29 is 4.74 Å². The Bertz CT molecular complexity index is 1550. The van der Waals surface area contributed by atoms with E-state index in [0.29, 0.717) is 36.6 Å². The Kier molecular flexibility index (Phi) is 5.21. The van der Waals surface area contributed by atoms with Crippen LogP contribution < -0.4 is 15.8 Å². The normalized spacial score (nSPS) is 13.4. The highest BCUT2D eigenvalue weighted by Crippen LogP contribution is 2.40.